The topological polar surface area (TPSA) is 50.4 Å². The molecule has 1 amide bonds. The van der Waals surface area contributed by atoms with Crippen LogP contribution in [-0.4, -0.2) is 30.2 Å². The van der Waals surface area contributed by atoms with Gasteiger partial charge in [-0.3, -0.25) is 10.1 Å². The first kappa shape index (κ1) is 13.2. The summed E-state index contributed by atoms with van der Waals surface area (Å²) in [6.45, 7) is 2.23. The summed E-state index contributed by atoms with van der Waals surface area (Å²) < 4.78 is 18.4. The number of thioether (sulfide) groups is 1. The maximum absolute atomic E-state index is 13.1. The van der Waals surface area contributed by atoms with Crippen LogP contribution in [0.4, 0.5) is 10.1 Å². The van der Waals surface area contributed by atoms with Gasteiger partial charge in [-0.25, -0.2) is 4.39 Å². The Hall–Kier alpha value is -1.27. The lowest BCUT2D eigenvalue weighted by molar-refractivity contribution is -0.117. The molecule has 1 aliphatic rings. The van der Waals surface area contributed by atoms with E-state index in [1.54, 1.807) is 11.8 Å². The van der Waals surface area contributed by atoms with Gasteiger partial charge in [0, 0.05) is 17.7 Å². The molecule has 1 saturated heterocycles. The predicted molar refractivity (Wildman–Crippen MR) is 70.4 cm³/mol. The fourth-order valence-electron chi connectivity index (χ4n) is 1.66. The van der Waals surface area contributed by atoms with E-state index in [1.807, 2.05) is 6.92 Å². The average molecular weight is 270 g/mol. The van der Waals surface area contributed by atoms with Crippen LogP contribution in [0.25, 0.3) is 0 Å². The summed E-state index contributed by atoms with van der Waals surface area (Å²) in [6.07, 6.45) is 0. The Labute approximate surface area is 109 Å². The van der Waals surface area contributed by atoms with Gasteiger partial charge in [0.25, 0.3) is 0 Å². The molecule has 0 aliphatic carbocycles. The highest BCUT2D eigenvalue weighted by atomic mass is 32.2. The summed E-state index contributed by atoms with van der Waals surface area (Å²) in [5.41, 5.74) is 0.502. The van der Waals surface area contributed by atoms with Crippen molar-refractivity contribution in [3.63, 3.8) is 0 Å². The average Bonchev–Trinajstić information content (AvgIpc) is 2.86. The molecular formula is C12H15FN2O2S. The first-order valence-electron chi connectivity index (χ1n) is 5.75. The third-order valence-corrected chi connectivity index (χ3v) is 3.47. The Morgan fingerprint density at radius 3 is 3.17 bits per heavy atom. The summed E-state index contributed by atoms with van der Waals surface area (Å²) in [4.78, 5) is 11.9. The van der Waals surface area contributed by atoms with E-state index in [0.717, 1.165) is 11.6 Å². The van der Waals surface area contributed by atoms with Gasteiger partial charge in [0.2, 0.25) is 5.91 Å². The second-order valence-corrected chi connectivity index (χ2v) is 4.86. The molecule has 0 aromatic heterocycles. The molecule has 1 fully saturated rings. The van der Waals surface area contributed by atoms with Crippen molar-refractivity contribution in [2.75, 3.05) is 23.6 Å². The van der Waals surface area contributed by atoms with Crippen molar-refractivity contribution in [3.8, 4) is 5.75 Å². The summed E-state index contributed by atoms with van der Waals surface area (Å²) in [6, 6.07) is 3.89. The number of hydrogen-bond donors (Lipinski definition) is 2. The van der Waals surface area contributed by atoms with E-state index in [9.17, 15) is 9.18 Å². The van der Waals surface area contributed by atoms with Crippen LogP contribution in [0.1, 0.15) is 6.92 Å². The number of benzene rings is 1. The minimum Gasteiger partial charge on any atom is -0.492 e. The maximum Gasteiger partial charge on any atom is 0.242 e. The van der Waals surface area contributed by atoms with Gasteiger partial charge in [-0.2, -0.15) is 0 Å². The number of hydrogen-bond acceptors (Lipinski definition) is 4. The second kappa shape index (κ2) is 6.06. The van der Waals surface area contributed by atoms with Crippen LogP contribution >= 0.6 is 11.8 Å². The largest absolute Gasteiger partial charge is 0.492 e. The van der Waals surface area contributed by atoms with Crippen molar-refractivity contribution in [3.05, 3.63) is 24.0 Å². The molecule has 2 N–H and O–H groups in total. The molecular weight excluding hydrogens is 255 g/mol. The highest BCUT2D eigenvalue weighted by Crippen LogP contribution is 2.26. The zero-order chi connectivity index (χ0) is 13.0. The van der Waals surface area contributed by atoms with E-state index in [2.05, 4.69) is 10.6 Å². The quantitative estimate of drug-likeness (QED) is 0.876. The van der Waals surface area contributed by atoms with E-state index in [0.29, 0.717) is 18.0 Å². The van der Waals surface area contributed by atoms with E-state index in [-0.39, 0.29) is 17.8 Å². The molecule has 6 heteroatoms. The van der Waals surface area contributed by atoms with Crippen LogP contribution in [0.15, 0.2) is 18.2 Å². The zero-order valence-corrected chi connectivity index (χ0v) is 10.8. The van der Waals surface area contributed by atoms with Gasteiger partial charge in [-0.1, -0.05) is 0 Å². The second-order valence-electron chi connectivity index (χ2n) is 3.83. The first-order chi connectivity index (χ1) is 8.70. The van der Waals surface area contributed by atoms with Gasteiger partial charge in [0.1, 0.15) is 11.6 Å². The zero-order valence-electron chi connectivity index (χ0n) is 10.0. The molecule has 1 unspecified atom stereocenters. The molecule has 1 aromatic carbocycles. The van der Waals surface area contributed by atoms with Gasteiger partial charge >= 0.3 is 0 Å². The highest BCUT2D eigenvalue weighted by molar-refractivity contribution is 7.99. The molecule has 1 aliphatic heterocycles. The molecule has 98 valence electrons. The number of halogens is 1. The molecule has 1 atom stereocenters. The lowest BCUT2D eigenvalue weighted by Gasteiger charge is -2.14. The van der Waals surface area contributed by atoms with E-state index in [1.165, 1.54) is 18.2 Å². The Morgan fingerprint density at radius 1 is 1.67 bits per heavy atom. The lowest BCUT2D eigenvalue weighted by atomic mass is 10.2. The van der Waals surface area contributed by atoms with Gasteiger partial charge in [-0.05, 0) is 19.1 Å². The molecule has 1 heterocycles. The summed E-state index contributed by atoms with van der Waals surface area (Å²) in [7, 11) is 0. The molecule has 2 rings (SSSR count). The molecule has 0 radical (unpaired) electrons. The smallest absolute Gasteiger partial charge is 0.242 e. The van der Waals surface area contributed by atoms with Gasteiger partial charge in [0.05, 0.1) is 18.3 Å². The standard InChI is InChI=1S/C12H15FN2O2S/c1-2-17-11-5-8(13)3-4-9(11)15-12(16)10-6-18-7-14-10/h3-5,10,14H,2,6-7H2,1H3,(H,15,16). The van der Waals surface area contributed by atoms with Crippen molar-refractivity contribution in [2.45, 2.75) is 13.0 Å². The summed E-state index contributed by atoms with van der Waals surface area (Å²) >= 11 is 1.67. The van der Waals surface area contributed by atoms with Crippen LogP contribution in [0.3, 0.4) is 0 Å². The molecule has 4 nitrogen and oxygen atoms in total. The Kier molecular flexibility index (Phi) is 4.43. The highest BCUT2D eigenvalue weighted by Gasteiger charge is 2.23. The van der Waals surface area contributed by atoms with Crippen molar-refractivity contribution in [2.24, 2.45) is 0 Å². The van der Waals surface area contributed by atoms with Crippen LogP contribution < -0.4 is 15.4 Å². The third-order valence-electron chi connectivity index (χ3n) is 2.53. The molecule has 0 saturated carbocycles. The third kappa shape index (κ3) is 3.14. The number of rotatable bonds is 4. The van der Waals surface area contributed by atoms with Gasteiger partial charge < -0.3 is 10.1 Å². The summed E-state index contributed by atoms with van der Waals surface area (Å²) in [5.74, 6) is 1.38. The van der Waals surface area contributed by atoms with E-state index in [4.69, 9.17) is 4.74 Å². The Bertz CT molecular complexity index is 436. The molecule has 0 spiro atoms. The van der Waals surface area contributed by atoms with Crippen LogP contribution in [0, 0.1) is 5.82 Å². The first-order valence-corrected chi connectivity index (χ1v) is 6.90. The summed E-state index contributed by atoms with van der Waals surface area (Å²) in [5, 5.41) is 5.83. The van der Waals surface area contributed by atoms with E-state index < -0.39 is 0 Å². The van der Waals surface area contributed by atoms with Crippen molar-refractivity contribution < 1.29 is 13.9 Å². The minimum atomic E-state index is -0.383. The van der Waals surface area contributed by atoms with Crippen molar-refractivity contribution in [1.82, 2.24) is 5.32 Å². The SMILES string of the molecule is CCOc1cc(F)ccc1NC(=O)C1CSCN1. The number of nitrogens with one attached hydrogen (secondary N) is 2. The maximum atomic E-state index is 13.1. The number of anilines is 1. The van der Waals surface area contributed by atoms with Crippen molar-refractivity contribution in [1.29, 1.82) is 0 Å². The van der Waals surface area contributed by atoms with Gasteiger partial charge in [-0.15, -0.1) is 11.8 Å². The number of carbonyl (C=O) groups excluding carboxylic acids is 1. The number of ether oxygens (including phenoxy) is 1. The monoisotopic (exact) mass is 270 g/mol. The Balaban J connectivity index is 2.09. The van der Waals surface area contributed by atoms with Crippen LogP contribution in [0.2, 0.25) is 0 Å². The number of carbonyl (C=O) groups is 1. The predicted octanol–water partition coefficient (Wildman–Crippen LogP) is 1.83. The minimum absolute atomic E-state index is 0.118. The van der Waals surface area contributed by atoms with Crippen LogP contribution in [0.5, 0.6) is 5.75 Å². The molecule has 1 aromatic rings. The molecule has 18 heavy (non-hydrogen) atoms. The fourth-order valence-corrected chi connectivity index (χ4v) is 2.60. The van der Waals surface area contributed by atoms with E-state index >= 15 is 0 Å². The fraction of sp³-hybridized carbons (Fsp3) is 0.417. The van der Waals surface area contributed by atoms with Crippen LogP contribution in [-0.2, 0) is 4.79 Å². The van der Waals surface area contributed by atoms with Crippen molar-refractivity contribution >= 4 is 23.4 Å². The Morgan fingerprint density at radius 2 is 2.50 bits per heavy atom. The lowest BCUT2D eigenvalue weighted by Crippen LogP contribution is -2.37. The molecule has 0 bridgehead atoms. The normalized spacial score (nSPS) is 18.7. The number of amides is 1. The van der Waals surface area contributed by atoms with Gasteiger partial charge in [0.15, 0.2) is 0 Å².